The molecule has 0 aromatic heterocycles. The number of aryl methyl sites for hydroxylation is 1. The summed E-state index contributed by atoms with van der Waals surface area (Å²) in [6.45, 7) is 8.70. The maximum absolute atomic E-state index is 13.6. The Morgan fingerprint density at radius 1 is 0.861 bits per heavy atom. The lowest BCUT2D eigenvalue weighted by Crippen LogP contribution is -2.54. The maximum Gasteiger partial charge on any atom is 0.243 e. The topological polar surface area (TPSA) is 58.6 Å². The number of benzene rings is 3. The highest BCUT2D eigenvalue weighted by molar-refractivity contribution is 5.88. The van der Waals surface area contributed by atoms with Crippen molar-refractivity contribution in [1.29, 1.82) is 0 Å². The summed E-state index contributed by atoms with van der Waals surface area (Å²) in [7, 11) is 0. The Labute approximate surface area is 215 Å². The van der Waals surface area contributed by atoms with Gasteiger partial charge in [-0.25, -0.2) is 0 Å². The minimum atomic E-state index is -0.627. The molecule has 0 fully saturated rings. The molecule has 0 saturated heterocycles. The fourth-order valence-corrected chi connectivity index (χ4v) is 3.98. The third-order valence-electron chi connectivity index (χ3n) is 5.79. The molecule has 3 rings (SSSR count). The van der Waals surface area contributed by atoms with Gasteiger partial charge < -0.3 is 15.0 Å². The molecule has 0 unspecified atom stereocenters. The van der Waals surface area contributed by atoms with Gasteiger partial charge in [0.2, 0.25) is 11.8 Å². The quantitative estimate of drug-likeness (QED) is 0.353. The molecule has 3 aromatic carbocycles. The molecular weight excluding hydrogens is 448 g/mol. The Kier molecular flexibility index (Phi) is 9.69. The van der Waals surface area contributed by atoms with Gasteiger partial charge in [-0.3, -0.25) is 9.59 Å². The standard InChI is InChI=1S/C31H38N2O3/c1-24-17-19-27(20-18-24)36-21-11-16-29(34)33(23-26-14-9-6-10-15-26)28(30(35)32-31(2,3)4)22-25-12-7-5-8-13-25/h5-10,12-15,17-20,28H,11,16,21-23H2,1-4H3,(H,32,35)/t28-/m1/s1. The van der Waals surface area contributed by atoms with Crippen LogP contribution in [0.2, 0.25) is 0 Å². The van der Waals surface area contributed by atoms with Crippen molar-refractivity contribution >= 4 is 11.8 Å². The van der Waals surface area contributed by atoms with Crippen LogP contribution in [0.3, 0.4) is 0 Å². The molecule has 0 aliphatic rings. The molecule has 36 heavy (non-hydrogen) atoms. The number of carbonyl (C=O) groups is 2. The van der Waals surface area contributed by atoms with Crippen LogP contribution in [0.1, 0.15) is 50.3 Å². The van der Waals surface area contributed by atoms with Crippen LogP contribution in [0.25, 0.3) is 0 Å². The van der Waals surface area contributed by atoms with Gasteiger partial charge in [0, 0.05) is 24.9 Å². The van der Waals surface area contributed by atoms with Crippen molar-refractivity contribution in [3.8, 4) is 5.75 Å². The Bertz CT molecular complexity index is 1090. The SMILES string of the molecule is Cc1ccc(OCCCC(=O)N(Cc2ccccc2)[C@H](Cc2ccccc2)C(=O)NC(C)(C)C)cc1. The van der Waals surface area contributed by atoms with Crippen LogP contribution in [0.15, 0.2) is 84.9 Å². The fraction of sp³-hybridized carbons (Fsp3) is 0.355. The summed E-state index contributed by atoms with van der Waals surface area (Å²) in [5.41, 5.74) is 2.77. The zero-order valence-electron chi connectivity index (χ0n) is 21.9. The molecule has 3 aromatic rings. The van der Waals surface area contributed by atoms with Gasteiger partial charge in [0.25, 0.3) is 0 Å². The molecule has 190 valence electrons. The van der Waals surface area contributed by atoms with E-state index in [-0.39, 0.29) is 11.8 Å². The predicted octanol–water partition coefficient (Wildman–Crippen LogP) is 5.71. The Balaban J connectivity index is 1.78. The van der Waals surface area contributed by atoms with Crippen molar-refractivity contribution in [2.45, 2.75) is 65.1 Å². The zero-order chi connectivity index (χ0) is 26.0. The summed E-state index contributed by atoms with van der Waals surface area (Å²) in [4.78, 5) is 28.8. The normalized spacial score (nSPS) is 12.0. The number of hydrogen-bond donors (Lipinski definition) is 1. The van der Waals surface area contributed by atoms with E-state index in [4.69, 9.17) is 4.74 Å². The Morgan fingerprint density at radius 2 is 1.44 bits per heavy atom. The summed E-state index contributed by atoms with van der Waals surface area (Å²) in [6.07, 6.45) is 1.31. The number of carbonyl (C=O) groups excluding carboxylic acids is 2. The van der Waals surface area contributed by atoms with Crippen LogP contribution < -0.4 is 10.1 Å². The van der Waals surface area contributed by atoms with Gasteiger partial charge in [-0.2, -0.15) is 0 Å². The monoisotopic (exact) mass is 486 g/mol. The summed E-state index contributed by atoms with van der Waals surface area (Å²) < 4.78 is 5.83. The van der Waals surface area contributed by atoms with Gasteiger partial charge in [0.05, 0.1) is 6.61 Å². The predicted molar refractivity (Wildman–Crippen MR) is 145 cm³/mol. The van der Waals surface area contributed by atoms with E-state index < -0.39 is 11.6 Å². The van der Waals surface area contributed by atoms with E-state index in [1.807, 2.05) is 113 Å². The number of hydrogen-bond acceptors (Lipinski definition) is 3. The van der Waals surface area contributed by atoms with Gasteiger partial charge in [-0.1, -0.05) is 78.4 Å². The first-order chi connectivity index (χ1) is 17.2. The zero-order valence-corrected chi connectivity index (χ0v) is 21.9. The molecule has 0 aliphatic carbocycles. The van der Waals surface area contributed by atoms with Gasteiger partial charge in [-0.15, -0.1) is 0 Å². The molecule has 0 heterocycles. The van der Waals surface area contributed by atoms with Crippen LogP contribution in [-0.2, 0) is 22.6 Å². The molecular formula is C31H38N2O3. The van der Waals surface area contributed by atoms with Crippen molar-refractivity contribution in [2.24, 2.45) is 0 Å². The second-order valence-electron chi connectivity index (χ2n) is 10.2. The average Bonchev–Trinajstić information content (AvgIpc) is 2.85. The van der Waals surface area contributed by atoms with E-state index in [1.54, 1.807) is 4.90 Å². The van der Waals surface area contributed by atoms with E-state index in [0.717, 1.165) is 16.9 Å². The average molecular weight is 487 g/mol. The summed E-state index contributed by atoms with van der Waals surface area (Å²) >= 11 is 0. The highest BCUT2D eigenvalue weighted by Gasteiger charge is 2.31. The number of nitrogens with zero attached hydrogens (tertiary/aromatic N) is 1. The van der Waals surface area contributed by atoms with Gasteiger partial charge in [-0.05, 0) is 57.4 Å². The summed E-state index contributed by atoms with van der Waals surface area (Å²) in [5, 5.41) is 3.10. The lowest BCUT2D eigenvalue weighted by atomic mass is 10.00. The van der Waals surface area contributed by atoms with Crippen LogP contribution in [0.5, 0.6) is 5.75 Å². The fourth-order valence-electron chi connectivity index (χ4n) is 3.98. The lowest BCUT2D eigenvalue weighted by Gasteiger charge is -2.34. The first-order valence-corrected chi connectivity index (χ1v) is 12.6. The van der Waals surface area contributed by atoms with Crippen molar-refractivity contribution in [2.75, 3.05) is 6.61 Å². The molecule has 5 nitrogen and oxygen atoms in total. The minimum absolute atomic E-state index is 0.0589. The van der Waals surface area contributed by atoms with Gasteiger partial charge >= 0.3 is 0 Å². The van der Waals surface area contributed by atoms with Crippen molar-refractivity contribution in [1.82, 2.24) is 10.2 Å². The Morgan fingerprint density at radius 3 is 2.03 bits per heavy atom. The first-order valence-electron chi connectivity index (χ1n) is 12.6. The molecule has 5 heteroatoms. The second-order valence-corrected chi connectivity index (χ2v) is 10.2. The number of ether oxygens (including phenoxy) is 1. The molecule has 1 N–H and O–H groups in total. The van der Waals surface area contributed by atoms with E-state index in [9.17, 15) is 9.59 Å². The van der Waals surface area contributed by atoms with Gasteiger partial charge in [0.15, 0.2) is 0 Å². The smallest absolute Gasteiger partial charge is 0.243 e. The number of amides is 2. The van der Waals surface area contributed by atoms with Crippen LogP contribution in [0, 0.1) is 6.92 Å². The van der Waals surface area contributed by atoms with E-state index in [1.165, 1.54) is 5.56 Å². The van der Waals surface area contributed by atoms with E-state index >= 15 is 0 Å². The molecule has 0 aliphatic heterocycles. The van der Waals surface area contributed by atoms with Crippen LogP contribution in [0.4, 0.5) is 0 Å². The number of nitrogens with one attached hydrogen (secondary N) is 1. The first kappa shape index (κ1) is 27.0. The third-order valence-corrected chi connectivity index (χ3v) is 5.79. The molecule has 0 spiro atoms. The largest absolute Gasteiger partial charge is 0.494 e. The molecule has 0 radical (unpaired) electrons. The second kappa shape index (κ2) is 12.9. The Hall–Kier alpha value is -3.60. The summed E-state index contributed by atoms with van der Waals surface area (Å²) in [5.74, 6) is 0.587. The van der Waals surface area contributed by atoms with Crippen molar-refractivity contribution in [3.05, 3.63) is 102 Å². The van der Waals surface area contributed by atoms with Crippen LogP contribution >= 0.6 is 0 Å². The number of rotatable bonds is 11. The molecule has 2 amide bonds. The van der Waals surface area contributed by atoms with E-state index in [2.05, 4.69) is 5.32 Å². The maximum atomic E-state index is 13.6. The molecule has 0 saturated carbocycles. The highest BCUT2D eigenvalue weighted by Crippen LogP contribution is 2.18. The third kappa shape index (κ3) is 8.88. The van der Waals surface area contributed by atoms with Gasteiger partial charge in [0.1, 0.15) is 11.8 Å². The van der Waals surface area contributed by atoms with Crippen molar-refractivity contribution in [3.63, 3.8) is 0 Å². The lowest BCUT2D eigenvalue weighted by molar-refractivity contribution is -0.142. The molecule has 1 atom stereocenters. The van der Waals surface area contributed by atoms with Crippen molar-refractivity contribution < 1.29 is 14.3 Å². The van der Waals surface area contributed by atoms with Crippen LogP contribution in [-0.4, -0.2) is 34.9 Å². The highest BCUT2D eigenvalue weighted by atomic mass is 16.5. The summed E-state index contributed by atoms with van der Waals surface area (Å²) in [6, 6.07) is 27.0. The minimum Gasteiger partial charge on any atom is -0.494 e. The van der Waals surface area contributed by atoms with E-state index in [0.29, 0.717) is 32.4 Å². The molecule has 0 bridgehead atoms.